The van der Waals surface area contributed by atoms with E-state index < -0.39 is 72.1 Å². The highest BCUT2D eigenvalue weighted by atomic mass is 19.1. The van der Waals surface area contributed by atoms with Crippen LogP contribution in [0.15, 0.2) is 71.7 Å². The number of ketones is 1. The zero-order chi connectivity index (χ0) is 38.9. The van der Waals surface area contributed by atoms with Gasteiger partial charge in [0, 0.05) is 13.5 Å². The number of unbranched alkanes of at least 4 members (excludes halogenated alkanes) is 1. The third-order valence-corrected chi connectivity index (χ3v) is 9.01. The average molecular weight is 735 g/mol. The molecule has 0 aromatic heterocycles. The SMILES string of the molecule is CN(C(=O)CCc1ccc(F)cc1)[C@@H](CCC(N=C(N)N)C(=O)[C@H](CO)NC(=O)[C@@H](N)Cc1cccc2ccccc12)C(=O)N[C@@H](C=O)CCCCN. The topological polar surface area (TPSA) is 249 Å². The molecule has 0 radical (unpaired) electrons. The Labute approximate surface area is 308 Å². The first kappa shape index (κ1) is 42.2. The monoisotopic (exact) mass is 734 g/mol. The molecule has 0 fully saturated rings. The number of aliphatic hydroxyl groups excluding tert-OH is 1. The number of aliphatic imine (C=N–C) groups is 1. The summed E-state index contributed by atoms with van der Waals surface area (Å²) < 4.78 is 13.4. The Balaban J connectivity index is 1.77. The van der Waals surface area contributed by atoms with Gasteiger partial charge in [-0.1, -0.05) is 54.6 Å². The number of hydrogen-bond acceptors (Lipinski definition) is 9. The molecule has 0 saturated heterocycles. The lowest BCUT2D eigenvalue weighted by Crippen LogP contribution is -2.53. The van der Waals surface area contributed by atoms with E-state index in [2.05, 4.69) is 15.6 Å². The second kappa shape index (κ2) is 21.3. The van der Waals surface area contributed by atoms with Gasteiger partial charge in [0.2, 0.25) is 17.7 Å². The minimum atomic E-state index is -1.45. The molecular weight excluding hydrogens is 683 g/mol. The number of nitrogens with two attached hydrogens (primary N) is 4. The van der Waals surface area contributed by atoms with E-state index >= 15 is 0 Å². The number of benzene rings is 3. The minimum absolute atomic E-state index is 0.0204. The van der Waals surface area contributed by atoms with Crippen LogP contribution in [0.1, 0.15) is 49.7 Å². The molecule has 11 N–H and O–H groups in total. The maximum atomic E-state index is 13.7. The summed E-state index contributed by atoms with van der Waals surface area (Å²) in [5.41, 5.74) is 24.7. The second-order valence-corrected chi connectivity index (χ2v) is 12.9. The zero-order valence-corrected chi connectivity index (χ0v) is 30.0. The fraction of sp³-hybridized carbons (Fsp3) is 0.421. The van der Waals surface area contributed by atoms with Crippen molar-refractivity contribution in [2.24, 2.45) is 27.9 Å². The number of guanidine groups is 1. The minimum Gasteiger partial charge on any atom is -0.394 e. The Morgan fingerprint density at radius 2 is 1.62 bits per heavy atom. The fourth-order valence-electron chi connectivity index (χ4n) is 6.00. The fourth-order valence-corrected chi connectivity index (χ4v) is 6.00. The van der Waals surface area contributed by atoms with E-state index in [9.17, 15) is 33.5 Å². The Hall–Kier alpha value is -5.25. The molecule has 3 aromatic rings. The molecule has 0 aliphatic carbocycles. The first-order chi connectivity index (χ1) is 25.4. The number of carbonyl (C=O) groups is 5. The molecule has 0 heterocycles. The number of hydrogen-bond donors (Lipinski definition) is 7. The number of fused-ring (bicyclic) bond motifs is 1. The quantitative estimate of drug-likeness (QED) is 0.0328. The van der Waals surface area contributed by atoms with E-state index in [4.69, 9.17) is 22.9 Å². The number of nitrogens with zero attached hydrogens (tertiary/aromatic N) is 2. The summed E-state index contributed by atoms with van der Waals surface area (Å²) in [6.07, 6.45) is 2.24. The van der Waals surface area contributed by atoms with Gasteiger partial charge in [0.15, 0.2) is 11.7 Å². The first-order valence-electron chi connectivity index (χ1n) is 17.6. The van der Waals surface area contributed by atoms with Crippen molar-refractivity contribution in [2.45, 2.75) is 81.6 Å². The van der Waals surface area contributed by atoms with Crippen LogP contribution in [0.25, 0.3) is 10.8 Å². The molecule has 1 unspecified atom stereocenters. The van der Waals surface area contributed by atoms with Crippen LogP contribution < -0.4 is 33.6 Å². The molecule has 14 nitrogen and oxygen atoms in total. The lowest BCUT2D eigenvalue weighted by molar-refractivity contribution is -0.140. The van der Waals surface area contributed by atoms with E-state index in [-0.39, 0.29) is 32.1 Å². The lowest BCUT2D eigenvalue weighted by Gasteiger charge is -2.30. The van der Waals surface area contributed by atoms with Gasteiger partial charge in [-0.2, -0.15) is 0 Å². The number of carbonyl (C=O) groups excluding carboxylic acids is 5. The van der Waals surface area contributed by atoms with Crippen molar-refractivity contribution >= 4 is 46.5 Å². The van der Waals surface area contributed by atoms with Gasteiger partial charge in [0.05, 0.1) is 18.7 Å². The average Bonchev–Trinajstić information content (AvgIpc) is 3.15. The molecule has 0 saturated carbocycles. The Kier molecular flexibility index (Phi) is 17.0. The van der Waals surface area contributed by atoms with Crippen LogP contribution in [0, 0.1) is 5.82 Å². The number of amides is 3. The highest BCUT2D eigenvalue weighted by Gasteiger charge is 2.33. The van der Waals surface area contributed by atoms with Gasteiger partial charge in [-0.25, -0.2) is 9.38 Å². The van der Waals surface area contributed by atoms with Crippen LogP contribution in [0.5, 0.6) is 0 Å². The molecule has 3 aromatic carbocycles. The molecule has 0 aliphatic rings. The zero-order valence-electron chi connectivity index (χ0n) is 30.0. The van der Waals surface area contributed by atoms with Crippen LogP contribution in [-0.4, -0.2) is 96.2 Å². The first-order valence-corrected chi connectivity index (χ1v) is 17.6. The summed E-state index contributed by atoms with van der Waals surface area (Å²) in [6, 6.07) is 13.1. The predicted octanol–water partition coefficient (Wildman–Crippen LogP) is 0.590. The van der Waals surface area contributed by atoms with E-state index in [0.29, 0.717) is 37.7 Å². The number of rotatable bonds is 22. The summed E-state index contributed by atoms with van der Waals surface area (Å²) in [5, 5.41) is 17.3. The van der Waals surface area contributed by atoms with E-state index in [1.807, 2.05) is 42.5 Å². The lowest BCUT2D eigenvalue weighted by atomic mass is 9.96. The number of aliphatic hydroxyl groups is 1. The van der Waals surface area contributed by atoms with Gasteiger partial charge < -0.3 is 48.4 Å². The van der Waals surface area contributed by atoms with Crippen molar-refractivity contribution in [3.05, 3.63) is 83.7 Å². The highest BCUT2D eigenvalue weighted by Crippen LogP contribution is 2.20. The Morgan fingerprint density at radius 1 is 0.925 bits per heavy atom. The molecule has 286 valence electrons. The summed E-state index contributed by atoms with van der Waals surface area (Å²) in [6.45, 7) is -0.378. The molecular formula is C38H51FN8O6. The largest absolute Gasteiger partial charge is 0.394 e. The van der Waals surface area contributed by atoms with Crippen molar-refractivity contribution in [1.82, 2.24) is 15.5 Å². The van der Waals surface area contributed by atoms with Gasteiger partial charge in [-0.3, -0.25) is 19.2 Å². The standard InChI is InChI=1S/C38H51FN8O6/c1-47(34(50)19-14-24-12-15-27(39)16-13-24)33(37(53)44-28(22-48)10-4-5-20-40)18-17-31(46-38(42)43)35(51)32(23-49)45-36(52)30(41)21-26-9-6-8-25-7-2-3-11-29(25)26/h2-3,6-9,11-13,15-16,22,28,30-33,49H,4-5,10,14,17-21,23,40-41H2,1H3,(H,44,53)(H,45,52)(H4,42,43,46)/t28-,30+,31?,32+,33+/m1/s1. The molecule has 3 amide bonds. The molecule has 53 heavy (non-hydrogen) atoms. The normalized spacial score (nSPS) is 13.9. The molecule has 5 atom stereocenters. The summed E-state index contributed by atoms with van der Waals surface area (Å²) in [4.78, 5) is 71.0. The van der Waals surface area contributed by atoms with Crippen LogP contribution in [-0.2, 0) is 36.8 Å². The van der Waals surface area contributed by atoms with Crippen molar-refractivity contribution < 1.29 is 33.5 Å². The molecule has 0 bridgehead atoms. The number of likely N-dealkylation sites (N-methyl/N-ethyl adjacent to an activating group) is 1. The van der Waals surface area contributed by atoms with Crippen molar-refractivity contribution in [3.63, 3.8) is 0 Å². The van der Waals surface area contributed by atoms with Gasteiger partial charge in [-0.15, -0.1) is 0 Å². The smallest absolute Gasteiger partial charge is 0.243 e. The summed E-state index contributed by atoms with van der Waals surface area (Å²) >= 11 is 0. The third kappa shape index (κ3) is 13.0. The number of aldehydes is 1. The number of nitrogens with one attached hydrogen (secondary N) is 2. The van der Waals surface area contributed by atoms with Crippen molar-refractivity contribution in [1.29, 1.82) is 0 Å². The molecule has 15 heteroatoms. The Bertz CT molecular complexity index is 1710. The Morgan fingerprint density at radius 3 is 2.28 bits per heavy atom. The number of Topliss-reactive ketones (excluding diaryl/α,β-unsaturated/α-hetero) is 1. The van der Waals surface area contributed by atoms with Gasteiger partial charge >= 0.3 is 0 Å². The van der Waals surface area contributed by atoms with Gasteiger partial charge in [0.1, 0.15) is 30.2 Å². The number of aryl methyl sites for hydroxylation is 1. The second-order valence-electron chi connectivity index (χ2n) is 12.9. The maximum absolute atomic E-state index is 13.7. The van der Waals surface area contributed by atoms with Crippen LogP contribution >= 0.6 is 0 Å². The van der Waals surface area contributed by atoms with Crippen molar-refractivity contribution in [3.8, 4) is 0 Å². The number of halogens is 1. The van der Waals surface area contributed by atoms with E-state index in [1.165, 1.54) is 24.1 Å². The van der Waals surface area contributed by atoms with Crippen LogP contribution in [0.4, 0.5) is 4.39 Å². The van der Waals surface area contributed by atoms with E-state index in [1.54, 1.807) is 12.1 Å². The summed E-state index contributed by atoms with van der Waals surface area (Å²) in [5.74, 6) is -3.37. The molecule has 0 spiro atoms. The third-order valence-electron chi connectivity index (χ3n) is 9.01. The van der Waals surface area contributed by atoms with Crippen LogP contribution in [0.3, 0.4) is 0 Å². The van der Waals surface area contributed by atoms with E-state index in [0.717, 1.165) is 16.3 Å². The maximum Gasteiger partial charge on any atom is 0.243 e. The summed E-state index contributed by atoms with van der Waals surface area (Å²) in [7, 11) is 1.42. The molecule has 0 aliphatic heterocycles. The van der Waals surface area contributed by atoms with Gasteiger partial charge in [-0.05, 0) is 85.5 Å². The molecule has 3 rings (SSSR count). The highest BCUT2D eigenvalue weighted by molar-refractivity contribution is 5.96. The van der Waals surface area contributed by atoms with Crippen LogP contribution in [0.2, 0.25) is 0 Å². The van der Waals surface area contributed by atoms with Gasteiger partial charge in [0.25, 0.3) is 0 Å². The predicted molar refractivity (Wildman–Crippen MR) is 201 cm³/mol. The van der Waals surface area contributed by atoms with Crippen molar-refractivity contribution in [2.75, 3.05) is 20.2 Å².